The minimum atomic E-state index is 0.00926. The van der Waals surface area contributed by atoms with Crippen LogP contribution in [0.3, 0.4) is 0 Å². The van der Waals surface area contributed by atoms with Gasteiger partial charge >= 0.3 is 0 Å². The maximum absolute atomic E-state index is 11.3. The van der Waals surface area contributed by atoms with Crippen molar-refractivity contribution in [1.29, 1.82) is 0 Å². The molecule has 0 fully saturated rings. The summed E-state index contributed by atoms with van der Waals surface area (Å²) in [5.74, 6) is 0. The predicted octanol–water partition coefficient (Wildman–Crippen LogP) is 0.554. The smallest absolute Gasteiger partial charge is 0.268 e. The first kappa shape index (κ1) is 10.1. The molecule has 0 aliphatic heterocycles. The van der Waals surface area contributed by atoms with Gasteiger partial charge in [-0.05, 0) is 20.9 Å². The second-order valence-corrected chi connectivity index (χ2v) is 3.72. The topological polar surface area (TPSA) is 41.0 Å². The average molecular weight is 183 g/mol. The number of rotatable bonds is 3. The fraction of sp³-hybridized carbons (Fsp3) is 0.667. The molecule has 4 heteroatoms. The number of aromatic nitrogens is 2. The van der Waals surface area contributed by atoms with E-state index in [4.69, 9.17) is 0 Å². The Bertz CT molecular complexity index is 324. The van der Waals surface area contributed by atoms with Gasteiger partial charge in [0, 0.05) is 25.8 Å². The number of nitrogens with one attached hydrogen (secondary N) is 1. The van der Waals surface area contributed by atoms with E-state index < -0.39 is 0 Å². The van der Waals surface area contributed by atoms with Crippen LogP contribution in [0.4, 0.5) is 0 Å². The van der Waals surface area contributed by atoms with E-state index in [-0.39, 0.29) is 5.56 Å². The highest BCUT2D eigenvalue weighted by atomic mass is 16.1. The normalized spacial score (nSPS) is 11.5. The molecule has 0 saturated carbocycles. The molecule has 0 unspecified atom stereocenters. The van der Waals surface area contributed by atoms with Gasteiger partial charge in [0.05, 0.1) is 5.56 Å². The van der Waals surface area contributed by atoms with E-state index in [2.05, 4.69) is 23.8 Å². The Hall–Kier alpha value is -1.03. The zero-order chi connectivity index (χ0) is 10.0. The summed E-state index contributed by atoms with van der Waals surface area (Å²) in [6, 6.07) is 0.458. The lowest BCUT2D eigenvalue weighted by molar-refractivity contribution is 0.265. The molecule has 0 aromatic carbocycles. The number of aryl methyl sites for hydroxylation is 1. The molecule has 0 spiro atoms. The molecule has 0 saturated heterocycles. The average Bonchev–Trinajstić information content (AvgIpc) is 2.30. The van der Waals surface area contributed by atoms with Crippen molar-refractivity contribution in [3.05, 3.63) is 22.1 Å². The lowest BCUT2D eigenvalue weighted by atomic mass is 10.3. The predicted molar refractivity (Wildman–Crippen MR) is 52.6 cm³/mol. The Morgan fingerprint density at radius 2 is 2.23 bits per heavy atom. The van der Waals surface area contributed by atoms with Gasteiger partial charge < -0.3 is 0 Å². The first-order chi connectivity index (χ1) is 6.00. The van der Waals surface area contributed by atoms with Gasteiger partial charge in [0.25, 0.3) is 5.56 Å². The number of H-pyrrole nitrogens is 1. The zero-order valence-electron chi connectivity index (χ0n) is 8.66. The van der Waals surface area contributed by atoms with Crippen molar-refractivity contribution in [2.75, 3.05) is 7.05 Å². The molecule has 13 heavy (non-hydrogen) atoms. The number of hydrogen-bond donors (Lipinski definition) is 1. The van der Waals surface area contributed by atoms with Crippen molar-refractivity contribution < 1.29 is 0 Å². The van der Waals surface area contributed by atoms with E-state index in [1.807, 2.05) is 20.3 Å². The largest absolute Gasteiger partial charge is 0.299 e. The molecule has 0 aliphatic carbocycles. The molecule has 0 bridgehead atoms. The minimum Gasteiger partial charge on any atom is -0.299 e. The summed E-state index contributed by atoms with van der Waals surface area (Å²) < 4.78 is 1.69. The quantitative estimate of drug-likeness (QED) is 0.743. The number of hydrogen-bond acceptors (Lipinski definition) is 2. The van der Waals surface area contributed by atoms with Crippen LogP contribution in [0.5, 0.6) is 0 Å². The highest BCUT2D eigenvalue weighted by Crippen LogP contribution is 2.00. The van der Waals surface area contributed by atoms with Crippen LogP contribution in [0.25, 0.3) is 0 Å². The van der Waals surface area contributed by atoms with Crippen LogP contribution in [-0.4, -0.2) is 27.8 Å². The Labute approximate surface area is 78.1 Å². The summed E-state index contributed by atoms with van der Waals surface area (Å²) in [7, 11) is 3.83. The second-order valence-electron chi connectivity index (χ2n) is 3.72. The summed E-state index contributed by atoms with van der Waals surface area (Å²) >= 11 is 0. The van der Waals surface area contributed by atoms with Crippen LogP contribution in [-0.2, 0) is 13.6 Å². The lowest BCUT2D eigenvalue weighted by Crippen LogP contribution is -2.27. The highest BCUT2D eigenvalue weighted by Gasteiger charge is 2.08. The molecule has 1 aromatic heterocycles. The Morgan fingerprint density at radius 3 is 2.62 bits per heavy atom. The van der Waals surface area contributed by atoms with Crippen LogP contribution in [0.2, 0.25) is 0 Å². The zero-order valence-corrected chi connectivity index (χ0v) is 8.66. The summed E-state index contributed by atoms with van der Waals surface area (Å²) in [5, 5.41) is 2.69. The van der Waals surface area contributed by atoms with Crippen molar-refractivity contribution in [3.8, 4) is 0 Å². The Kier molecular flexibility index (Phi) is 2.93. The van der Waals surface area contributed by atoms with Gasteiger partial charge in [-0.25, -0.2) is 0 Å². The van der Waals surface area contributed by atoms with Crippen LogP contribution < -0.4 is 5.56 Å². The molecule has 0 amide bonds. The fourth-order valence-corrected chi connectivity index (χ4v) is 1.12. The molecular weight excluding hydrogens is 166 g/mol. The van der Waals surface area contributed by atoms with E-state index >= 15 is 0 Å². The van der Waals surface area contributed by atoms with Gasteiger partial charge in [-0.1, -0.05) is 0 Å². The van der Waals surface area contributed by atoms with Gasteiger partial charge in [0.2, 0.25) is 0 Å². The van der Waals surface area contributed by atoms with Gasteiger partial charge in [-0.3, -0.25) is 19.5 Å². The molecule has 0 aliphatic rings. The SMILES string of the molecule is CC(C)N(C)Cc1cn(C)[nH]c1=O. The van der Waals surface area contributed by atoms with E-state index in [9.17, 15) is 4.79 Å². The standard InChI is InChI=1S/C9H17N3O/c1-7(2)11(3)5-8-6-12(4)10-9(8)13/h6-7H,5H2,1-4H3,(H,10,13). The summed E-state index contributed by atoms with van der Waals surface area (Å²) in [4.78, 5) is 13.4. The van der Waals surface area contributed by atoms with Crippen LogP contribution in [0.1, 0.15) is 19.4 Å². The summed E-state index contributed by atoms with van der Waals surface area (Å²) in [6.07, 6.45) is 1.83. The number of nitrogens with zero attached hydrogens (tertiary/aromatic N) is 2. The van der Waals surface area contributed by atoms with E-state index in [0.29, 0.717) is 12.6 Å². The molecule has 4 nitrogen and oxygen atoms in total. The van der Waals surface area contributed by atoms with Crippen molar-refractivity contribution in [2.45, 2.75) is 26.4 Å². The Balaban J connectivity index is 2.74. The molecule has 1 heterocycles. The van der Waals surface area contributed by atoms with Crippen molar-refractivity contribution in [1.82, 2.24) is 14.7 Å². The monoisotopic (exact) mass is 183 g/mol. The summed E-state index contributed by atoms with van der Waals surface area (Å²) in [5.41, 5.74) is 0.828. The lowest BCUT2D eigenvalue weighted by Gasteiger charge is -2.19. The molecule has 1 rings (SSSR count). The first-order valence-corrected chi connectivity index (χ1v) is 4.45. The van der Waals surface area contributed by atoms with Crippen molar-refractivity contribution in [3.63, 3.8) is 0 Å². The highest BCUT2D eigenvalue weighted by molar-refractivity contribution is 5.03. The third-order valence-electron chi connectivity index (χ3n) is 2.22. The molecule has 1 aromatic rings. The van der Waals surface area contributed by atoms with Gasteiger partial charge in [-0.15, -0.1) is 0 Å². The van der Waals surface area contributed by atoms with Crippen LogP contribution in [0.15, 0.2) is 11.0 Å². The second kappa shape index (κ2) is 3.79. The maximum Gasteiger partial charge on any atom is 0.268 e. The third-order valence-corrected chi connectivity index (χ3v) is 2.22. The minimum absolute atomic E-state index is 0.00926. The molecule has 1 N–H and O–H groups in total. The summed E-state index contributed by atoms with van der Waals surface area (Å²) in [6.45, 7) is 4.92. The molecule has 0 atom stereocenters. The van der Waals surface area contributed by atoms with Crippen molar-refractivity contribution in [2.24, 2.45) is 7.05 Å². The third kappa shape index (κ3) is 2.45. The van der Waals surface area contributed by atoms with Crippen LogP contribution in [0, 0.1) is 0 Å². The van der Waals surface area contributed by atoms with E-state index in [1.54, 1.807) is 4.68 Å². The molecular formula is C9H17N3O. The van der Waals surface area contributed by atoms with Gasteiger partial charge in [0.1, 0.15) is 0 Å². The van der Waals surface area contributed by atoms with Gasteiger partial charge in [0.15, 0.2) is 0 Å². The fourth-order valence-electron chi connectivity index (χ4n) is 1.12. The van der Waals surface area contributed by atoms with Gasteiger partial charge in [-0.2, -0.15) is 0 Å². The molecule has 0 radical (unpaired) electrons. The molecule has 74 valence electrons. The van der Waals surface area contributed by atoms with E-state index in [0.717, 1.165) is 5.56 Å². The van der Waals surface area contributed by atoms with Crippen LogP contribution >= 0.6 is 0 Å². The van der Waals surface area contributed by atoms with Crippen molar-refractivity contribution >= 4 is 0 Å². The number of aromatic amines is 1. The Morgan fingerprint density at radius 1 is 1.62 bits per heavy atom. The van der Waals surface area contributed by atoms with E-state index in [1.165, 1.54) is 0 Å². The first-order valence-electron chi connectivity index (χ1n) is 4.45. The maximum atomic E-state index is 11.3.